The van der Waals surface area contributed by atoms with Gasteiger partial charge in [0.2, 0.25) is 5.91 Å². The van der Waals surface area contributed by atoms with Crippen molar-refractivity contribution >= 4 is 5.91 Å². The van der Waals surface area contributed by atoms with Crippen molar-refractivity contribution in [2.45, 2.75) is 45.6 Å². The SMILES string of the molecule is CCC(CC)C(O)CNC(=O)C(C)c1ccc(OC)cc1. The Labute approximate surface area is 127 Å². The number of benzene rings is 1. The Morgan fingerprint density at radius 2 is 1.81 bits per heavy atom. The molecule has 0 aromatic heterocycles. The average Bonchev–Trinajstić information content (AvgIpc) is 2.53. The van der Waals surface area contributed by atoms with Gasteiger partial charge in [-0.15, -0.1) is 0 Å². The lowest BCUT2D eigenvalue weighted by molar-refractivity contribution is -0.122. The number of amides is 1. The van der Waals surface area contributed by atoms with Gasteiger partial charge in [-0.1, -0.05) is 38.8 Å². The van der Waals surface area contributed by atoms with Gasteiger partial charge in [-0.05, 0) is 30.5 Å². The number of aliphatic hydroxyl groups excluding tert-OH is 1. The smallest absolute Gasteiger partial charge is 0.227 e. The lowest BCUT2D eigenvalue weighted by Gasteiger charge is -2.21. The maximum atomic E-state index is 12.1. The van der Waals surface area contributed by atoms with Crippen LogP contribution < -0.4 is 10.1 Å². The van der Waals surface area contributed by atoms with Crippen molar-refractivity contribution in [3.63, 3.8) is 0 Å². The molecule has 0 bridgehead atoms. The number of hydrogen-bond acceptors (Lipinski definition) is 3. The average molecular weight is 293 g/mol. The molecule has 2 N–H and O–H groups in total. The number of methoxy groups -OCH3 is 1. The molecule has 1 aromatic rings. The van der Waals surface area contributed by atoms with Gasteiger partial charge in [-0.2, -0.15) is 0 Å². The van der Waals surface area contributed by atoms with Crippen LogP contribution in [0, 0.1) is 5.92 Å². The number of rotatable bonds is 8. The number of ether oxygens (including phenoxy) is 1. The first-order valence-electron chi connectivity index (χ1n) is 7.63. The number of nitrogens with one attached hydrogen (secondary N) is 1. The quantitative estimate of drug-likeness (QED) is 0.775. The Bertz CT molecular complexity index is 426. The molecule has 0 saturated carbocycles. The summed E-state index contributed by atoms with van der Waals surface area (Å²) in [7, 11) is 1.62. The standard InChI is InChI=1S/C17H27NO3/c1-5-13(6-2)16(19)11-18-17(20)12(3)14-7-9-15(21-4)10-8-14/h7-10,12-13,16,19H,5-6,11H2,1-4H3,(H,18,20). The largest absolute Gasteiger partial charge is 0.497 e. The van der Waals surface area contributed by atoms with Crippen molar-refractivity contribution < 1.29 is 14.6 Å². The van der Waals surface area contributed by atoms with Gasteiger partial charge in [0.25, 0.3) is 0 Å². The van der Waals surface area contributed by atoms with Gasteiger partial charge in [0.1, 0.15) is 5.75 Å². The third-order valence-electron chi connectivity index (χ3n) is 4.09. The summed E-state index contributed by atoms with van der Waals surface area (Å²) < 4.78 is 5.11. The van der Waals surface area contributed by atoms with Crippen molar-refractivity contribution in [2.75, 3.05) is 13.7 Å². The van der Waals surface area contributed by atoms with Crippen LogP contribution in [0.3, 0.4) is 0 Å². The summed E-state index contributed by atoms with van der Waals surface area (Å²) in [6, 6.07) is 7.47. The molecule has 1 amide bonds. The van der Waals surface area contributed by atoms with E-state index in [4.69, 9.17) is 4.74 Å². The molecule has 0 fully saturated rings. The summed E-state index contributed by atoms with van der Waals surface area (Å²) >= 11 is 0. The second-order valence-electron chi connectivity index (χ2n) is 5.38. The molecule has 1 aromatic carbocycles. The van der Waals surface area contributed by atoms with Crippen molar-refractivity contribution in [3.8, 4) is 5.75 Å². The number of hydrogen-bond donors (Lipinski definition) is 2. The first-order valence-corrected chi connectivity index (χ1v) is 7.63. The van der Waals surface area contributed by atoms with Crippen molar-refractivity contribution in [1.29, 1.82) is 0 Å². The molecule has 4 nitrogen and oxygen atoms in total. The lowest BCUT2D eigenvalue weighted by Crippen LogP contribution is -2.37. The normalized spacial score (nSPS) is 13.8. The molecule has 4 heteroatoms. The van der Waals surface area contributed by atoms with E-state index in [0.717, 1.165) is 24.2 Å². The number of carbonyl (C=O) groups excluding carboxylic acids is 1. The lowest BCUT2D eigenvalue weighted by atomic mass is 9.96. The Hall–Kier alpha value is -1.55. The molecule has 118 valence electrons. The van der Waals surface area contributed by atoms with E-state index in [1.54, 1.807) is 7.11 Å². The fraction of sp³-hybridized carbons (Fsp3) is 0.588. The molecule has 2 unspecified atom stereocenters. The van der Waals surface area contributed by atoms with E-state index in [0.29, 0.717) is 6.54 Å². The summed E-state index contributed by atoms with van der Waals surface area (Å²) in [5, 5.41) is 12.9. The highest BCUT2D eigenvalue weighted by Crippen LogP contribution is 2.19. The minimum atomic E-state index is -0.480. The zero-order valence-electron chi connectivity index (χ0n) is 13.4. The fourth-order valence-corrected chi connectivity index (χ4v) is 2.40. The van der Waals surface area contributed by atoms with E-state index in [2.05, 4.69) is 19.2 Å². The van der Waals surface area contributed by atoms with Gasteiger partial charge >= 0.3 is 0 Å². The topological polar surface area (TPSA) is 58.6 Å². The minimum absolute atomic E-state index is 0.0647. The van der Waals surface area contributed by atoms with E-state index in [1.165, 1.54) is 0 Å². The molecular formula is C17H27NO3. The number of carbonyl (C=O) groups is 1. The van der Waals surface area contributed by atoms with Crippen LogP contribution in [0.25, 0.3) is 0 Å². The molecule has 0 spiro atoms. The highest BCUT2D eigenvalue weighted by atomic mass is 16.5. The molecular weight excluding hydrogens is 266 g/mol. The zero-order chi connectivity index (χ0) is 15.8. The van der Waals surface area contributed by atoms with E-state index in [1.807, 2.05) is 31.2 Å². The maximum absolute atomic E-state index is 12.1. The monoisotopic (exact) mass is 293 g/mol. The Morgan fingerprint density at radius 3 is 2.29 bits per heavy atom. The van der Waals surface area contributed by atoms with Gasteiger partial charge in [0, 0.05) is 6.54 Å². The van der Waals surface area contributed by atoms with Gasteiger partial charge in [0.05, 0.1) is 19.1 Å². The fourth-order valence-electron chi connectivity index (χ4n) is 2.40. The Kier molecular flexibility index (Phi) is 7.23. The molecule has 0 aliphatic rings. The van der Waals surface area contributed by atoms with Gasteiger partial charge in [-0.25, -0.2) is 0 Å². The maximum Gasteiger partial charge on any atom is 0.227 e. The van der Waals surface area contributed by atoms with Crippen LogP contribution in [0.15, 0.2) is 24.3 Å². The van der Waals surface area contributed by atoms with E-state index in [9.17, 15) is 9.90 Å². The first-order chi connectivity index (χ1) is 10.0. The van der Waals surface area contributed by atoms with E-state index >= 15 is 0 Å². The second kappa shape index (κ2) is 8.67. The van der Waals surface area contributed by atoms with Crippen LogP contribution in [0.4, 0.5) is 0 Å². The van der Waals surface area contributed by atoms with Crippen LogP contribution in [0.2, 0.25) is 0 Å². The van der Waals surface area contributed by atoms with Crippen molar-refractivity contribution in [2.24, 2.45) is 5.92 Å². The number of aliphatic hydroxyl groups is 1. The van der Waals surface area contributed by atoms with E-state index < -0.39 is 6.10 Å². The second-order valence-corrected chi connectivity index (χ2v) is 5.38. The van der Waals surface area contributed by atoms with E-state index in [-0.39, 0.29) is 17.7 Å². The third kappa shape index (κ3) is 5.05. The van der Waals surface area contributed by atoms with Gasteiger partial charge in [0.15, 0.2) is 0 Å². The minimum Gasteiger partial charge on any atom is -0.497 e. The van der Waals surface area contributed by atoms with Gasteiger partial charge in [-0.3, -0.25) is 4.79 Å². The molecule has 2 atom stereocenters. The molecule has 21 heavy (non-hydrogen) atoms. The summed E-state index contributed by atoms with van der Waals surface area (Å²) in [4.78, 5) is 12.1. The zero-order valence-corrected chi connectivity index (χ0v) is 13.4. The Balaban J connectivity index is 2.54. The third-order valence-corrected chi connectivity index (χ3v) is 4.09. The summed E-state index contributed by atoms with van der Waals surface area (Å²) in [6.45, 7) is 6.28. The predicted molar refractivity (Wildman–Crippen MR) is 84.5 cm³/mol. The summed E-state index contributed by atoms with van der Waals surface area (Å²) in [5.74, 6) is 0.701. The summed E-state index contributed by atoms with van der Waals surface area (Å²) in [5.41, 5.74) is 0.935. The molecule has 0 saturated heterocycles. The molecule has 0 heterocycles. The van der Waals surface area contributed by atoms with Gasteiger partial charge < -0.3 is 15.2 Å². The van der Waals surface area contributed by atoms with Crippen LogP contribution in [-0.2, 0) is 4.79 Å². The molecule has 0 aliphatic heterocycles. The van der Waals surface area contributed by atoms with Crippen LogP contribution in [0.1, 0.15) is 45.1 Å². The predicted octanol–water partition coefficient (Wildman–Crippen LogP) is 2.71. The Morgan fingerprint density at radius 1 is 1.24 bits per heavy atom. The van der Waals surface area contributed by atoms with Crippen molar-refractivity contribution in [3.05, 3.63) is 29.8 Å². The van der Waals surface area contributed by atoms with Crippen molar-refractivity contribution in [1.82, 2.24) is 5.32 Å². The van der Waals surface area contributed by atoms with Crippen LogP contribution >= 0.6 is 0 Å². The molecule has 1 rings (SSSR count). The highest BCUT2D eigenvalue weighted by molar-refractivity contribution is 5.83. The molecule has 0 radical (unpaired) electrons. The van der Waals surface area contributed by atoms with Crippen LogP contribution in [-0.4, -0.2) is 30.8 Å². The summed E-state index contributed by atoms with van der Waals surface area (Å²) in [6.07, 6.45) is 1.36. The molecule has 0 aliphatic carbocycles. The van der Waals surface area contributed by atoms with Crippen LogP contribution in [0.5, 0.6) is 5.75 Å². The highest BCUT2D eigenvalue weighted by Gasteiger charge is 2.19. The first kappa shape index (κ1) is 17.5.